The van der Waals surface area contributed by atoms with E-state index in [4.69, 9.17) is 9.66 Å². The lowest BCUT2D eigenvalue weighted by atomic mass is 10.3. The fourth-order valence-corrected chi connectivity index (χ4v) is 3.89. The van der Waals surface area contributed by atoms with Crippen LogP contribution in [0.15, 0.2) is 0 Å². The molecule has 0 fully saturated rings. The van der Waals surface area contributed by atoms with Crippen molar-refractivity contribution in [3.63, 3.8) is 0 Å². The predicted molar refractivity (Wildman–Crippen MR) is 68.9 cm³/mol. The molecule has 0 saturated heterocycles. The number of carboxylic acids is 1. The van der Waals surface area contributed by atoms with Gasteiger partial charge in [-0.3, -0.25) is 9.35 Å². The van der Waals surface area contributed by atoms with Crippen LogP contribution in [0.25, 0.3) is 0 Å². The minimum atomic E-state index is -4.92. The Morgan fingerprint density at radius 1 is 1.28 bits per heavy atom. The summed E-state index contributed by atoms with van der Waals surface area (Å²) in [5, 5.41) is 8.71. The summed E-state index contributed by atoms with van der Waals surface area (Å²) in [4.78, 5) is 22.4. The maximum Gasteiger partial charge on any atom is 0.353 e. The van der Waals surface area contributed by atoms with Gasteiger partial charge in [0.05, 0.1) is 18.5 Å². The van der Waals surface area contributed by atoms with Crippen molar-refractivity contribution in [1.82, 2.24) is 0 Å². The first-order valence-corrected chi connectivity index (χ1v) is 8.21. The summed E-state index contributed by atoms with van der Waals surface area (Å²) in [5.74, 6) is -2.31. The number of aliphatic carboxylic acids is 1. The van der Waals surface area contributed by atoms with Crippen LogP contribution >= 0.6 is 23.8 Å². The van der Waals surface area contributed by atoms with Crippen LogP contribution in [0.4, 0.5) is 0 Å². The highest BCUT2D eigenvalue weighted by molar-refractivity contribution is 8.14. The highest BCUT2D eigenvalue weighted by atomic mass is 32.3. The van der Waals surface area contributed by atoms with Gasteiger partial charge in [0.2, 0.25) is 0 Å². The van der Waals surface area contributed by atoms with Crippen molar-refractivity contribution in [2.45, 2.75) is 24.3 Å². The van der Waals surface area contributed by atoms with Crippen molar-refractivity contribution in [2.75, 3.05) is 11.5 Å². The first-order valence-electron chi connectivity index (χ1n) is 4.88. The minimum Gasteiger partial charge on any atom is -0.481 e. The van der Waals surface area contributed by atoms with Crippen LogP contribution in [0.3, 0.4) is 0 Å². The summed E-state index contributed by atoms with van der Waals surface area (Å²) in [6.07, 6.45) is -1.06. The zero-order valence-electron chi connectivity index (χ0n) is 9.78. The van der Waals surface area contributed by atoms with Crippen LogP contribution in [0, 0.1) is 0 Å². The second-order valence-electron chi connectivity index (χ2n) is 3.01. The molecule has 2 N–H and O–H groups in total. The van der Waals surface area contributed by atoms with Gasteiger partial charge in [-0.05, 0) is 5.75 Å². The summed E-state index contributed by atoms with van der Waals surface area (Å²) >= 11 is 1.19. The Labute approximate surface area is 114 Å². The largest absolute Gasteiger partial charge is 0.481 e. The lowest BCUT2D eigenvalue weighted by Gasteiger charge is -2.24. The van der Waals surface area contributed by atoms with Gasteiger partial charge in [-0.2, -0.15) is 8.42 Å². The van der Waals surface area contributed by atoms with Crippen molar-refractivity contribution in [1.29, 1.82) is 0 Å². The van der Waals surface area contributed by atoms with Gasteiger partial charge in [0.15, 0.2) is 0 Å². The van der Waals surface area contributed by atoms with E-state index in [9.17, 15) is 18.0 Å². The molecule has 0 bridgehead atoms. The average molecular weight is 318 g/mol. The molecule has 106 valence electrons. The van der Waals surface area contributed by atoms with Gasteiger partial charge in [0.1, 0.15) is 0 Å². The van der Waals surface area contributed by atoms with Crippen LogP contribution in [0.5, 0.6) is 0 Å². The molecule has 0 radical (unpaired) electrons. The highest BCUT2D eigenvalue weighted by Crippen LogP contribution is 2.36. The van der Waals surface area contributed by atoms with E-state index in [0.717, 1.165) is 0 Å². The Morgan fingerprint density at radius 2 is 1.83 bits per heavy atom. The molecule has 0 aromatic heterocycles. The van der Waals surface area contributed by atoms with Gasteiger partial charge in [-0.25, -0.2) is 4.79 Å². The van der Waals surface area contributed by atoms with Gasteiger partial charge in [-0.1, -0.05) is 13.8 Å². The number of carbonyl (C=O) groups excluding carboxylic acids is 1. The van der Waals surface area contributed by atoms with Crippen LogP contribution in [-0.4, -0.2) is 45.6 Å². The topological polar surface area (TPSA) is 118 Å². The molecule has 1 unspecified atom stereocenters. The van der Waals surface area contributed by atoms with E-state index < -0.39 is 32.6 Å². The molecule has 0 amide bonds. The van der Waals surface area contributed by atoms with Crippen molar-refractivity contribution in [3.8, 4) is 0 Å². The number of hydrogen-bond donors (Lipinski definition) is 2. The van der Waals surface area contributed by atoms with E-state index in [1.807, 2.05) is 0 Å². The fraction of sp³-hybridized carbons (Fsp3) is 0.750. The Balaban J connectivity index is 5.46. The summed E-state index contributed by atoms with van der Waals surface area (Å²) in [7, 11) is -4.92. The van der Waals surface area contributed by atoms with Crippen LogP contribution < -0.4 is 0 Å². The molecule has 0 aliphatic rings. The summed E-state index contributed by atoms with van der Waals surface area (Å²) in [6.45, 7) is 3.20. The minimum absolute atomic E-state index is 0.124. The molecule has 7 nitrogen and oxygen atoms in total. The van der Waals surface area contributed by atoms with E-state index in [0.29, 0.717) is 29.6 Å². The van der Waals surface area contributed by atoms with E-state index in [-0.39, 0.29) is 5.75 Å². The van der Waals surface area contributed by atoms with Gasteiger partial charge < -0.3 is 9.29 Å². The van der Waals surface area contributed by atoms with Gasteiger partial charge in [-0.15, -0.1) is 11.8 Å². The van der Waals surface area contributed by atoms with E-state index in [1.54, 1.807) is 6.92 Å². The van der Waals surface area contributed by atoms with Gasteiger partial charge >= 0.3 is 11.9 Å². The molecule has 18 heavy (non-hydrogen) atoms. The molecule has 0 aliphatic carbocycles. The molecule has 0 spiro atoms. The molecule has 0 aromatic rings. The number of carbonyl (C=O) groups is 2. The molecule has 0 saturated carbocycles. The second-order valence-corrected chi connectivity index (χ2v) is 7.46. The van der Waals surface area contributed by atoms with Crippen molar-refractivity contribution in [2.24, 2.45) is 0 Å². The molecule has 0 rings (SSSR count). The third kappa shape index (κ3) is 4.34. The molecular weight excluding hydrogens is 304 g/mol. The van der Waals surface area contributed by atoms with Crippen molar-refractivity contribution < 1.29 is 31.8 Å². The molecule has 1 atom stereocenters. The number of carboxylic acid groups (broad SMARTS) is 1. The maximum absolute atomic E-state index is 11.7. The lowest BCUT2D eigenvalue weighted by molar-refractivity contribution is -0.142. The van der Waals surface area contributed by atoms with E-state index >= 15 is 0 Å². The van der Waals surface area contributed by atoms with Crippen molar-refractivity contribution in [3.05, 3.63) is 0 Å². The normalized spacial score (nSPS) is 14.8. The highest BCUT2D eigenvalue weighted by Gasteiger charge is 2.54. The monoisotopic (exact) mass is 318 g/mol. The average Bonchev–Trinajstić information content (AvgIpc) is 2.22. The second kappa shape index (κ2) is 7.22. The zero-order chi connectivity index (χ0) is 14.4. The summed E-state index contributed by atoms with van der Waals surface area (Å²) in [6, 6.07) is 0. The Bertz CT molecular complexity index is 405. The number of rotatable bonds is 8. The molecule has 0 aliphatic heterocycles. The first-order chi connectivity index (χ1) is 8.21. The third-order valence-corrected chi connectivity index (χ3v) is 5.44. The van der Waals surface area contributed by atoms with E-state index in [2.05, 4.69) is 4.18 Å². The Hall–Kier alpha value is -0.450. The summed E-state index contributed by atoms with van der Waals surface area (Å²) < 4.78 is 33.9. The fourth-order valence-electron chi connectivity index (χ4n) is 1.06. The zero-order valence-corrected chi connectivity index (χ0v) is 12.2. The molecule has 0 heterocycles. The first kappa shape index (κ1) is 17.6. The molecular formula is C8H14O7S3. The smallest absolute Gasteiger partial charge is 0.353 e. The summed E-state index contributed by atoms with van der Waals surface area (Å²) in [5.41, 5.74) is 0. The molecule has 10 heteroatoms. The Kier molecular flexibility index (Phi) is 7.04. The quantitative estimate of drug-likeness (QED) is 0.499. The number of thioether (sulfide) groups is 1. The molecule has 0 aromatic carbocycles. The van der Waals surface area contributed by atoms with E-state index in [1.165, 1.54) is 6.92 Å². The van der Waals surface area contributed by atoms with Crippen LogP contribution in [0.2, 0.25) is 0 Å². The van der Waals surface area contributed by atoms with Gasteiger partial charge in [0.25, 0.3) is 14.2 Å². The maximum atomic E-state index is 11.7. The van der Waals surface area contributed by atoms with Gasteiger partial charge in [0, 0.05) is 5.75 Å². The Morgan fingerprint density at radius 3 is 2.17 bits per heavy atom. The number of hydrogen-bond acceptors (Lipinski definition) is 7. The van der Waals surface area contributed by atoms with Crippen molar-refractivity contribution >= 4 is 45.9 Å². The predicted octanol–water partition coefficient (Wildman–Crippen LogP) is 1.01. The van der Waals surface area contributed by atoms with Crippen LogP contribution in [-0.2, 0) is 23.9 Å². The lowest BCUT2D eigenvalue weighted by Crippen LogP contribution is -2.45. The third-order valence-electron chi connectivity index (χ3n) is 1.74. The van der Waals surface area contributed by atoms with Crippen LogP contribution in [0.1, 0.15) is 20.3 Å². The standard InChI is InChI=1S/C8H14O7S3/c1-3-16-8(5-6(9)10,18(12,13)14)7(11)15-17-4-2/h3-5H2,1-2H3,(H,9,10)(H,12,13,14). The SMILES string of the molecule is CCSOC(=O)C(CC(=O)O)(SCC)S(=O)(=O)O.